The average molecular weight is 182 g/mol. The first-order valence-corrected chi connectivity index (χ1v) is 6.26. The SMILES string of the molecule is CC.CCC(C)C1CC2(CCC2)C1. The van der Waals surface area contributed by atoms with Crippen LogP contribution in [0.3, 0.4) is 0 Å². The molecular weight excluding hydrogens is 156 g/mol. The molecule has 0 N–H and O–H groups in total. The Morgan fingerprint density at radius 3 is 2.08 bits per heavy atom. The molecule has 1 atom stereocenters. The molecule has 0 aromatic carbocycles. The van der Waals surface area contributed by atoms with E-state index in [-0.39, 0.29) is 0 Å². The molecule has 78 valence electrons. The van der Waals surface area contributed by atoms with Crippen molar-refractivity contribution >= 4 is 0 Å². The molecule has 2 rings (SSSR count). The van der Waals surface area contributed by atoms with Gasteiger partial charge in [0, 0.05) is 0 Å². The molecule has 0 aromatic rings. The third-order valence-corrected chi connectivity index (χ3v) is 4.25. The maximum Gasteiger partial charge on any atom is -0.0292 e. The first kappa shape index (κ1) is 11.1. The maximum absolute atomic E-state index is 2.43. The fourth-order valence-corrected chi connectivity index (χ4v) is 2.87. The van der Waals surface area contributed by atoms with Gasteiger partial charge >= 0.3 is 0 Å². The van der Waals surface area contributed by atoms with Crippen molar-refractivity contribution in [2.75, 3.05) is 0 Å². The van der Waals surface area contributed by atoms with Crippen molar-refractivity contribution in [2.45, 2.75) is 66.2 Å². The smallest absolute Gasteiger partial charge is 0.0292 e. The number of hydrogen-bond acceptors (Lipinski definition) is 0. The summed E-state index contributed by atoms with van der Waals surface area (Å²) < 4.78 is 0. The van der Waals surface area contributed by atoms with Gasteiger partial charge in [0.25, 0.3) is 0 Å². The van der Waals surface area contributed by atoms with Crippen molar-refractivity contribution in [3.63, 3.8) is 0 Å². The van der Waals surface area contributed by atoms with E-state index in [2.05, 4.69) is 13.8 Å². The zero-order valence-corrected chi connectivity index (χ0v) is 9.90. The molecule has 0 radical (unpaired) electrons. The van der Waals surface area contributed by atoms with Crippen LogP contribution < -0.4 is 0 Å². The molecule has 0 heterocycles. The van der Waals surface area contributed by atoms with Gasteiger partial charge in [0.15, 0.2) is 0 Å². The van der Waals surface area contributed by atoms with Crippen LogP contribution in [0.1, 0.15) is 66.2 Å². The highest BCUT2D eigenvalue weighted by atomic mass is 14.5. The summed E-state index contributed by atoms with van der Waals surface area (Å²) >= 11 is 0. The molecule has 2 saturated carbocycles. The van der Waals surface area contributed by atoms with E-state index in [0.29, 0.717) is 0 Å². The summed E-state index contributed by atoms with van der Waals surface area (Å²) in [5, 5.41) is 0. The van der Waals surface area contributed by atoms with Gasteiger partial charge < -0.3 is 0 Å². The standard InChI is InChI=1S/C11H20.C2H6/c1-3-9(2)10-7-11(8-10)5-4-6-11;1-2/h9-10H,3-8H2,1-2H3;1-2H3. The summed E-state index contributed by atoms with van der Waals surface area (Å²) in [7, 11) is 0. The van der Waals surface area contributed by atoms with Crippen molar-refractivity contribution in [3.8, 4) is 0 Å². The molecule has 1 spiro atoms. The molecule has 0 amide bonds. The van der Waals surface area contributed by atoms with Crippen molar-refractivity contribution in [1.29, 1.82) is 0 Å². The van der Waals surface area contributed by atoms with E-state index in [1.54, 1.807) is 25.7 Å². The van der Waals surface area contributed by atoms with E-state index in [4.69, 9.17) is 0 Å². The normalized spacial score (nSPS) is 26.8. The van der Waals surface area contributed by atoms with E-state index in [1.165, 1.54) is 12.8 Å². The quantitative estimate of drug-likeness (QED) is 0.583. The van der Waals surface area contributed by atoms with Crippen LogP contribution in [0, 0.1) is 17.3 Å². The summed E-state index contributed by atoms with van der Waals surface area (Å²) in [6.45, 7) is 8.76. The monoisotopic (exact) mass is 182 g/mol. The molecule has 2 aliphatic carbocycles. The molecular formula is C13H26. The van der Waals surface area contributed by atoms with Crippen LogP contribution in [0.25, 0.3) is 0 Å². The van der Waals surface area contributed by atoms with Gasteiger partial charge in [-0.1, -0.05) is 40.5 Å². The molecule has 0 aliphatic heterocycles. The average Bonchev–Trinajstić information content (AvgIpc) is 2.03. The summed E-state index contributed by atoms with van der Waals surface area (Å²) in [4.78, 5) is 0. The topological polar surface area (TPSA) is 0 Å². The third-order valence-electron chi connectivity index (χ3n) is 4.25. The highest BCUT2D eigenvalue weighted by molar-refractivity contribution is 4.99. The fraction of sp³-hybridized carbons (Fsp3) is 1.00. The Balaban J connectivity index is 0.000000396. The van der Waals surface area contributed by atoms with Crippen molar-refractivity contribution in [1.82, 2.24) is 0 Å². The maximum atomic E-state index is 2.43. The van der Waals surface area contributed by atoms with Gasteiger partial charge in [0.2, 0.25) is 0 Å². The minimum absolute atomic E-state index is 0.897. The van der Waals surface area contributed by atoms with Crippen LogP contribution in [0.4, 0.5) is 0 Å². The summed E-state index contributed by atoms with van der Waals surface area (Å²) in [6, 6.07) is 0. The number of hydrogen-bond donors (Lipinski definition) is 0. The summed E-state index contributed by atoms with van der Waals surface area (Å²) in [5.74, 6) is 2.10. The minimum Gasteiger partial charge on any atom is -0.0683 e. The highest BCUT2D eigenvalue weighted by Crippen LogP contribution is 2.60. The van der Waals surface area contributed by atoms with Crippen molar-refractivity contribution < 1.29 is 0 Å². The second-order valence-electron chi connectivity index (χ2n) is 4.91. The van der Waals surface area contributed by atoms with Crippen molar-refractivity contribution in [3.05, 3.63) is 0 Å². The van der Waals surface area contributed by atoms with Gasteiger partial charge in [-0.15, -0.1) is 0 Å². The highest BCUT2D eigenvalue weighted by Gasteiger charge is 2.48. The van der Waals surface area contributed by atoms with E-state index >= 15 is 0 Å². The lowest BCUT2D eigenvalue weighted by molar-refractivity contribution is -0.0473. The van der Waals surface area contributed by atoms with Crippen LogP contribution in [-0.2, 0) is 0 Å². The Bertz CT molecular complexity index is 136. The Morgan fingerprint density at radius 2 is 1.77 bits per heavy atom. The molecule has 0 saturated heterocycles. The molecule has 2 aliphatic rings. The van der Waals surface area contributed by atoms with E-state index in [1.807, 2.05) is 13.8 Å². The van der Waals surface area contributed by atoms with Gasteiger partial charge in [-0.3, -0.25) is 0 Å². The van der Waals surface area contributed by atoms with Gasteiger partial charge in [-0.05, 0) is 42.9 Å². The second-order valence-corrected chi connectivity index (χ2v) is 4.91. The van der Waals surface area contributed by atoms with Gasteiger partial charge in [0.1, 0.15) is 0 Å². The lowest BCUT2D eigenvalue weighted by atomic mass is 9.49. The lowest BCUT2D eigenvalue weighted by Gasteiger charge is -2.56. The Hall–Kier alpha value is 0. The molecule has 0 bridgehead atoms. The Labute approximate surface area is 84.1 Å². The molecule has 1 unspecified atom stereocenters. The first-order chi connectivity index (χ1) is 6.26. The molecule has 0 nitrogen and oxygen atoms in total. The second kappa shape index (κ2) is 4.48. The summed E-state index contributed by atoms with van der Waals surface area (Å²) in [6.07, 6.45) is 9.16. The van der Waals surface area contributed by atoms with Crippen molar-refractivity contribution in [2.24, 2.45) is 17.3 Å². The largest absolute Gasteiger partial charge is 0.0683 e. The Morgan fingerprint density at radius 1 is 1.23 bits per heavy atom. The first-order valence-electron chi connectivity index (χ1n) is 6.26. The molecule has 13 heavy (non-hydrogen) atoms. The van der Waals surface area contributed by atoms with Gasteiger partial charge in [-0.25, -0.2) is 0 Å². The van der Waals surface area contributed by atoms with E-state index in [0.717, 1.165) is 17.3 Å². The molecule has 2 fully saturated rings. The van der Waals surface area contributed by atoms with Crippen LogP contribution >= 0.6 is 0 Å². The van der Waals surface area contributed by atoms with Crippen LogP contribution in [0.2, 0.25) is 0 Å². The zero-order valence-electron chi connectivity index (χ0n) is 9.90. The Kier molecular flexibility index (Phi) is 3.82. The van der Waals surface area contributed by atoms with Crippen LogP contribution in [0.15, 0.2) is 0 Å². The van der Waals surface area contributed by atoms with Crippen LogP contribution in [0.5, 0.6) is 0 Å². The van der Waals surface area contributed by atoms with Gasteiger partial charge in [0.05, 0.1) is 0 Å². The number of rotatable bonds is 2. The molecule has 0 aromatic heterocycles. The van der Waals surface area contributed by atoms with E-state index in [9.17, 15) is 0 Å². The fourth-order valence-electron chi connectivity index (χ4n) is 2.87. The predicted molar refractivity (Wildman–Crippen MR) is 59.8 cm³/mol. The summed E-state index contributed by atoms with van der Waals surface area (Å²) in [5.41, 5.74) is 0.897. The molecule has 0 heteroatoms. The lowest BCUT2D eigenvalue weighted by Crippen LogP contribution is -2.44. The van der Waals surface area contributed by atoms with E-state index < -0.39 is 0 Å². The minimum atomic E-state index is 0.897. The van der Waals surface area contributed by atoms with Crippen LogP contribution in [-0.4, -0.2) is 0 Å². The van der Waals surface area contributed by atoms with Gasteiger partial charge in [-0.2, -0.15) is 0 Å². The predicted octanol–water partition coefficient (Wildman–Crippen LogP) is 4.64. The third kappa shape index (κ3) is 2.08. The zero-order chi connectivity index (χ0) is 9.90.